The summed E-state index contributed by atoms with van der Waals surface area (Å²) in [5.74, 6) is -0.276. The van der Waals surface area contributed by atoms with Crippen molar-refractivity contribution in [2.45, 2.75) is 17.7 Å². The summed E-state index contributed by atoms with van der Waals surface area (Å²) in [4.78, 5) is 13.6. The topological polar surface area (TPSA) is 66.9 Å². The van der Waals surface area contributed by atoms with Crippen molar-refractivity contribution in [2.75, 3.05) is 33.3 Å². The Bertz CT molecular complexity index is 710. The molecular weight excluding hydrogens is 323 g/mol. The van der Waals surface area contributed by atoms with Gasteiger partial charge in [-0.15, -0.1) is 0 Å². The molecule has 126 valence electrons. The van der Waals surface area contributed by atoms with Crippen molar-refractivity contribution in [2.24, 2.45) is 5.92 Å². The minimum Gasteiger partial charge on any atom is -0.495 e. The molecule has 0 spiro atoms. The molecule has 0 atom stereocenters. The van der Waals surface area contributed by atoms with Gasteiger partial charge in [0.2, 0.25) is 15.9 Å². The maximum atomic E-state index is 13.5. The Morgan fingerprint density at radius 3 is 2.43 bits per heavy atom. The monoisotopic (exact) mass is 342 g/mol. The molecule has 1 aliphatic carbocycles. The van der Waals surface area contributed by atoms with Gasteiger partial charge in [-0.2, -0.15) is 4.31 Å². The van der Waals surface area contributed by atoms with Crippen molar-refractivity contribution in [3.05, 3.63) is 24.0 Å². The third kappa shape index (κ3) is 3.18. The van der Waals surface area contributed by atoms with E-state index in [0.29, 0.717) is 13.1 Å². The number of hydrogen-bond donors (Lipinski definition) is 0. The molecule has 1 saturated carbocycles. The molecule has 1 saturated heterocycles. The Hall–Kier alpha value is -1.67. The molecule has 6 nitrogen and oxygen atoms in total. The highest BCUT2D eigenvalue weighted by atomic mass is 32.2. The van der Waals surface area contributed by atoms with Crippen LogP contribution >= 0.6 is 0 Å². The first kappa shape index (κ1) is 16.2. The molecule has 1 aromatic rings. The molecule has 1 aliphatic heterocycles. The highest BCUT2D eigenvalue weighted by Gasteiger charge is 2.37. The first-order chi connectivity index (χ1) is 10.9. The number of halogens is 1. The molecule has 0 aromatic heterocycles. The molecule has 8 heteroatoms. The summed E-state index contributed by atoms with van der Waals surface area (Å²) in [6.07, 6.45) is 1.86. The summed E-state index contributed by atoms with van der Waals surface area (Å²) in [5.41, 5.74) is 0. The smallest absolute Gasteiger partial charge is 0.246 e. The lowest BCUT2D eigenvalue weighted by molar-refractivity contribution is -0.133. The van der Waals surface area contributed by atoms with Gasteiger partial charge in [-0.3, -0.25) is 4.79 Å². The molecule has 0 bridgehead atoms. The van der Waals surface area contributed by atoms with Gasteiger partial charge >= 0.3 is 0 Å². The van der Waals surface area contributed by atoms with Gasteiger partial charge in [0.05, 0.1) is 7.11 Å². The Labute approximate surface area is 134 Å². The standard InChI is InChI=1S/C15H19FN2O4S/c1-22-13-5-4-12(16)10-14(13)23(20,21)18-8-6-17(7-9-18)15(19)11-2-3-11/h4-5,10-11H,2-3,6-9H2,1H3. The second-order valence-corrected chi connectivity index (χ2v) is 7.71. The lowest BCUT2D eigenvalue weighted by Gasteiger charge is -2.34. The number of methoxy groups -OCH3 is 1. The van der Waals surface area contributed by atoms with E-state index in [-0.39, 0.29) is 35.6 Å². The maximum absolute atomic E-state index is 13.5. The lowest BCUT2D eigenvalue weighted by atomic mass is 10.3. The number of carbonyl (C=O) groups excluding carboxylic acids is 1. The molecule has 0 N–H and O–H groups in total. The normalized spacial score (nSPS) is 19.7. The number of ether oxygens (including phenoxy) is 1. The van der Waals surface area contributed by atoms with E-state index < -0.39 is 15.8 Å². The summed E-state index contributed by atoms with van der Waals surface area (Å²) in [6.45, 7) is 1.15. The first-order valence-corrected chi connectivity index (χ1v) is 9.00. The maximum Gasteiger partial charge on any atom is 0.246 e. The number of rotatable bonds is 4. The van der Waals surface area contributed by atoms with E-state index in [0.717, 1.165) is 25.0 Å². The quantitative estimate of drug-likeness (QED) is 0.821. The van der Waals surface area contributed by atoms with Crippen LogP contribution in [0, 0.1) is 11.7 Å². The number of benzene rings is 1. The van der Waals surface area contributed by atoms with Gasteiger partial charge in [0.25, 0.3) is 0 Å². The van der Waals surface area contributed by atoms with Crippen LogP contribution in [0.5, 0.6) is 5.75 Å². The summed E-state index contributed by atoms with van der Waals surface area (Å²) < 4.78 is 45.2. The molecule has 2 aliphatic rings. The van der Waals surface area contributed by atoms with Crippen molar-refractivity contribution >= 4 is 15.9 Å². The van der Waals surface area contributed by atoms with Crippen LogP contribution < -0.4 is 4.74 Å². The molecule has 0 unspecified atom stereocenters. The Morgan fingerprint density at radius 2 is 1.87 bits per heavy atom. The lowest BCUT2D eigenvalue weighted by Crippen LogP contribution is -2.50. The number of carbonyl (C=O) groups is 1. The summed E-state index contributed by atoms with van der Waals surface area (Å²) in [5, 5.41) is 0. The molecule has 2 fully saturated rings. The number of amides is 1. The van der Waals surface area contributed by atoms with Gasteiger partial charge in [0, 0.05) is 32.1 Å². The average molecular weight is 342 g/mol. The third-order valence-corrected chi connectivity index (χ3v) is 6.14. The van der Waals surface area contributed by atoms with Crippen LogP contribution in [0.25, 0.3) is 0 Å². The average Bonchev–Trinajstić information content (AvgIpc) is 3.39. The van der Waals surface area contributed by atoms with Crippen LogP contribution in [0.3, 0.4) is 0 Å². The summed E-state index contributed by atoms with van der Waals surface area (Å²) in [6, 6.07) is 3.43. The predicted molar refractivity (Wildman–Crippen MR) is 81.0 cm³/mol. The second kappa shape index (κ2) is 6.09. The zero-order valence-electron chi connectivity index (χ0n) is 12.9. The van der Waals surface area contributed by atoms with Gasteiger partial charge in [-0.05, 0) is 31.0 Å². The molecule has 1 aromatic carbocycles. The summed E-state index contributed by atoms with van der Waals surface area (Å²) in [7, 11) is -2.50. The Kier molecular flexibility index (Phi) is 4.29. The number of nitrogens with zero attached hydrogens (tertiary/aromatic N) is 2. The van der Waals surface area contributed by atoms with Crippen molar-refractivity contribution in [1.82, 2.24) is 9.21 Å². The second-order valence-electron chi connectivity index (χ2n) is 5.80. The van der Waals surface area contributed by atoms with Crippen LogP contribution in [-0.2, 0) is 14.8 Å². The Balaban J connectivity index is 1.76. The highest BCUT2D eigenvalue weighted by Crippen LogP contribution is 2.32. The van der Waals surface area contributed by atoms with Crippen molar-refractivity contribution in [1.29, 1.82) is 0 Å². The Morgan fingerprint density at radius 1 is 1.22 bits per heavy atom. The van der Waals surface area contributed by atoms with Crippen LogP contribution in [0.4, 0.5) is 4.39 Å². The van der Waals surface area contributed by atoms with Gasteiger partial charge in [0.15, 0.2) is 0 Å². The van der Waals surface area contributed by atoms with E-state index in [1.807, 2.05) is 0 Å². The van der Waals surface area contributed by atoms with E-state index in [1.54, 1.807) is 4.90 Å². The van der Waals surface area contributed by atoms with Crippen molar-refractivity contribution < 1.29 is 22.3 Å². The van der Waals surface area contributed by atoms with Crippen molar-refractivity contribution in [3.63, 3.8) is 0 Å². The fourth-order valence-electron chi connectivity index (χ4n) is 2.73. The molecule has 3 rings (SSSR count). The van der Waals surface area contributed by atoms with E-state index in [4.69, 9.17) is 4.74 Å². The van der Waals surface area contributed by atoms with Gasteiger partial charge in [-0.1, -0.05) is 0 Å². The van der Waals surface area contributed by atoms with E-state index in [2.05, 4.69) is 0 Å². The first-order valence-electron chi connectivity index (χ1n) is 7.56. The van der Waals surface area contributed by atoms with Gasteiger partial charge in [0.1, 0.15) is 16.5 Å². The predicted octanol–water partition coefficient (Wildman–Crippen LogP) is 1.08. The number of sulfonamides is 1. The van der Waals surface area contributed by atoms with Crippen LogP contribution in [0.2, 0.25) is 0 Å². The number of piperazine rings is 1. The summed E-state index contributed by atoms with van der Waals surface area (Å²) >= 11 is 0. The van der Waals surface area contributed by atoms with Crippen LogP contribution in [0.15, 0.2) is 23.1 Å². The molecule has 23 heavy (non-hydrogen) atoms. The molecular formula is C15H19FN2O4S. The van der Waals surface area contributed by atoms with Gasteiger partial charge < -0.3 is 9.64 Å². The molecule has 0 radical (unpaired) electrons. The van der Waals surface area contributed by atoms with Crippen molar-refractivity contribution in [3.8, 4) is 5.75 Å². The minimum atomic E-state index is -3.85. The molecule has 1 amide bonds. The van der Waals surface area contributed by atoms with Crippen LogP contribution in [0.1, 0.15) is 12.8 Å². The number of hydrogen-bond acceptors (Lipinski definition) is 4. The van der Waals surface area contributed by atoms with E-state index in [9.17, 15) is 17.6 Å². The zero-order valence-corrected chi connectivity index (χ0v) is 13.7. The highest BCUT2D eigenvalue weighted by molar-refractivity contribution is 7.89. The zero-order chi connectivity index (χ0) is 16.6. The third-order valence-electron chi connectivity index (χ3n) is 4.22. The fraction of sp³-hybridized carbons (Fsp3) is 0.533. The molecule has 1 heterocycles. The van der Waals surface area contributed by atoms with Gasteiger partial charge in [-0.25, -0.2) is 12.8 Å². The van der Waals surface area contributed by atoms with Crippen LogP contribution in [-0.4, -0.2) is 56.8 Å². The van der Waals surface area contributed by atoms with E-state index >= 15 is 0 Å². The van der Waals surface area contributed by atoms with E-state index in [1.165, 1.54) is 17.5 Å². The minimum absolute atomic E-state index is 0.114. The fourth-order valence-corrected chi connectivity index (χ4v) is 4.32. The SMILES string of the molecule is COc1ccc(F)cc1S(=O)(=O)N1CCN(C(=O)C2CC2)CC1. The largest absolute Gasteiger partial charge is 0.495 e.